The number of para-hydroxylation sites is 1. The lowest BCUT2D eigenvalue weighted by Gasteiger charge is -2.46. The summed E-state index contributed by atoms with van der Waals surface area (Å²) < 4.78 is 23.8. The first-order chi connectivity index (χ1) is 33.7. The lowest BCUT2D eigenvalue weighted by molar-refractivity contribution is -0.178. The SMILES string of the molecule is COCCOC(=O)N1C(=O)[C@@]2(c3cc(C#CC4(O)CCCCCC4)ccc31)[C@H](c1ccccc1OCCO)N1[C@H](c3ccccc3)[C@H](c3ccccc3)OC(=O)[C@H]1[C@@H]2C(=O)NCCc1ccccn1. The normalized spacial score (nSPS) is 23.8. The number of imide groups is 1. The number of fused-ring (bicyclic) bond motifs is 3. The number of anilines is 1. The Bertz CT molecular complexity index is 2700. The molecule has 4 aromatic carbocycles. The van der Waals surface area contributed by atoms with Crippen LogP contribution in [0.2, 0.25) is 0 Å². The molecule has 3 amide bonds. The summed E-state index contributed by atoms with van der Waals surface area (Å²) in [6, 6.07) is 32.8. The fourth-order valence-corrected chi connectivity index (χ4v) is 10.8. The maximum Gasteiger partial charge on any atom is 0.421 e. The summed E-state index contributed by atoms with van der Waals surface area (Å²) in [6.07, 6.45) is 4.69. The van der Waals surface area contributed by atoms with Gasteiger partial charge in [0, 0.05) is 43.1 Å². The van der Waals surface area contributed by atoms with Gasteiger partial charge < -0.3 is 34.5 Å². The van der Waals surface area contributed by atoms with Crippen LogP contribution in [-0.2, 0) is 40.4 Å². The third-order valence-corrected chi connectivity index (χ3v) is 13.8. The Morgan fingerprint density at radius 3 is 2.26 bits per heavy atom. The number of nitrogens with zero attached hydrogens (tertiary/aromatic N) is 3. The fraction of sp³-hybridized carbons (Fsp3) is 0.364. The molecular formula is C55H56N4O10. The van der Waals surface area contributed by atoms with Gasteiger partial charge in [-0.25, -0.2) is 9.69 Å². The number of nitrogens with one attached hydrogen (secondary N) is 1. The van der Waals surface area contributed by atoms with Gasteiger partial charge in [0.05, 0.1) is 36.9 Å². The minimum absolute atomic E-state index is 0.0457. The topological polar surface area (TPSA) is 177 Å². The predicted octanol–water partition coefficient (Wildman–Crippen LogP) is 6.70. The molecule has 356 valence electrons. The van der Waals surface area contributed by atoms with Gasteiger partial charge in [0.25, 0.3) is 0 Å². The number of amides is 3. The van der Waals surface area contributed by atoms with Crippen molar-refractivity contribution in [2.75, 3.05) is 45.0 Å². The zero-order valence-corrected chi connectivity index (χ0v) is 38.5. The second-order valence-electron chi connectivity index (χ2n) is 17.9. The molecule has 1 aliphatic carbocycles. The minimum atomic E-state index is -2.11. The van der Waals surface area contributed by atoms with E-state index in [9.17, 15) is 15.0 Å². The Labute approximate surface area is 401 Å². The van der Waals surface area contributed by atoms with Crippen molar-refractivity contribution in [3.8, 4) is 17.6 Å². The zero-order valence-electron chi connectivity index (χ0n) is 38.5. The molecule has 2 saturated heterocycles. The van der Waals surface area contributed by atoms with Crippen molar-refractivity contribution >= 4 is 29.6 Å². The smallest absolute Gasteiger partial charge is 0.421 e. The molecule has 4 aliphatic rings. The number of carbonyl (C=O) groups excluding carboxylic acids is 4. The molecule has 3 N–H and O–H groups in total. The van der Waals surface area contributed by atoms with Crippen LogP contribution in [0, 0.1) is 17.8 Å². The monoisotopic (exact) mass is 932 g/mol. The van der Waals surface area contributed by atoms with Gasteiger partial charge in [0.1, 0.15) is 42.1 Å². The zero-order chi connectivity index (χ0) is 48.0. The van der Waals surface area contributed by atoms with E-state index in [-0.39, 0.29) is 50.0 Å². The lowest BCUT2D eigenvalue weighted by atomic mass is 9.65. The van der Waals surface area contributed by atoms with Crippen LogP contribution in [0.15, 0.2) is 128 Å². The number of cyclic esters (lactones) is 1. The van der Waals surface area contributed by atoms with E-state index in [0.29, 0.717) is 41.6 Å². The number of ether oxygens (including phenoxy) is 4. The van der Waals surface area contributed by atoms with Gasteiger partial charge >= 0.3 is 12.1 Å². The number of carbonyl (C=O) groups is 4. The Kier molecular flexibility index (Phi) is 14.2. The number of hydrogen-bond donors (Lipinski definition) is 3. The Hall–Kier alpha value is -6.89. The van der Waals surface area contributed by atoms with Crippen molar-refractivity contribution in [1.82, 2.24) is 15.2 Å². The van der Waals surface area contributed by atoms with Crippen LogP contribution in [0.3, 0.4) is 0 Å². The molecule has 14 heteroatoms. The van der Waals surface area contributed by atoms with Crippen LogP contribution in [0.1, 0.15) is 90.2 Å². The highest BCUT2D eigenvalue weighted by molar-refractivity contribution is 6.23. The van der Waals surface area contributed by atoms with E-state index in [4.69, 9.17) is 18.9 Å². The highest BCUT2D eigenvalue weighted by Gasteiger charge is 2.76. The molecule has 3 aliphatic heterocycles. The molecule has 0 radical (unpaired) electrons. The molecule has 0 unspecified atom stereocenters. The first-order valence-corrected chi connectivity index (χ1v) is 23.7. The molecule has 69 heavy (non-hydrogen) atoms. The predicted molar refractivity (Wildman–Crippen MR) is 255 cm³/mol. The molecular weight excluding hydrogens is 877 g/mol. The van der Waals surface area contributed by atoms with Gasteiger partial charge in [-0.15, -0.1) is 0 Å². The molecule has 6 atom stereocenters. The van der Waals surface area contributed by atoms with E-state index < -0.39 is 65.0 Å². The van der Waals surface area contributed by atoms with Crippen molar-refractivity contribution in [1.29, 1.82) is 0 Å². The number of esters is 1. The van der Waals surface area contributed by atoms with Crippen LogP contribution in [0.25, 0.3) is 0 Å². The Morgan fingerprint density at radius 1 is 0.841 bits per heavy atom. The number of benzene rings is 4. The summed E-state index contributed by atoms with van der Waals surface area (Å²) in [5.74, 6) is 2.89. The summed E-state index contributed by atoms with van der Waals surface area (Å²) in [5, 5.41) is 24.9. The van der Waals surface area contributed by atoms with Gasteiger partial charge in [-0.05, 0) is 78.8 Å². The highest BCUT2D eigenvalue weighted by Crippen LogP contribution is 2.66. The molecule has 9 rings (SSSR count). The average molecular weight is 933 g/mol. The van der Waals surface area contributed by atoms with Crippen molar-refractivity contribution in [2.45, 2.75) is 80.2 Å². The number of rotatable bonds is 13. The fourth-order valence-electron chi connectivity index (χ4n) is 10.8. The molecule has 1 saturated carbocycles. The summed E-state index contributed by atoms with van der Waals surface area (Å²) in [7, 11) is 1.46. The molecule has 1 spiro atoms. The van der Waals surface area contributed by atoms with Crippen LogP contribution in [0.5, 0.6) is 5.75 Å². The quantitative estimate of drug-likeness (QED) is 0.0494. The van der Waals surface area contributed by atoms with E-state index in [1.165, 1.54) is 7.11 Å². The Morgan fingerprint density at radius 2 is 1.55 bits per heavy atom. The number of aliphatic hydroxyl groups excluding tert-OH is 1. The van der Waals surface area contributed by atoms with Crippen LogP contribution in [0.4, 0.5) is 10.5 Å². The van der Waals surface area contributed by atoms with E-state index >= 15 is 14.4 Å². The van der Waals surface area contributed by atoms with Gasteiger partial charge in [-0.2, -0.15) is 0 Å². The van der Waals surface area contributed by atoms with E-state index in [0.717, 1.165) is 36.1 Å². The number of morpholine rings is 1. The van der Waals surface area contributed by atoms with Crippen molar-refractivity contribution < 1.29 is 48.3 Å². The van der Waals surface area contributed by atoms with Gasteiger partial charge in [0.2, 0.25) is 11.8 Å². The lowest BCUT2D eigenvalue weighted by Crippen LogP contribution is -2.56. The maximum atomic E-state index is 16.5. The number of pyridine rings is 1. The summed E-state index contributed by atoms with van der Waals surface area (Å²) in [6.45, 7) is -0.487. The van der Waals surface area contributed by atoms with Crippen LogP contribution < -0.4 is 15.0 Å². The van der Waals surface area contributed by atoms with E-state index in [2.05, 4.69) is 22.1 Å². The van der Waals surface area contributed by atoms with Gasteiger partial charge in [-0.3, -0.25) is 24.3 Å². The molecule has 4 heterocycles. The number of aliphatic hydroxyl groups is 2. The second kappa shape index (κ2) is 20.8. The van der Waals surface area contributed by atoms with Crippen molar-refractivity contribution in [3.63, 3.8) is 0 Å². The second-order valence-corrected chi connectivity index (χ2v) is 17.9. The van der Waals surface area contributed by atoms with E-state index in [1.807, 2.05) is 77.7 Å². The van der Waals surface area contributed by atoms with Crippen molar-refractivity contribution in [3.05, 3.63) is 161 Å². The Balaban J connectivity index is 1.34. The molecule has 0 bridgehead atoms. The molecule has 3 fully saturated rings. The summed E-state index contributed by atoms with van der Waals surface area (Å²) in [4.78, 5) is 69.6. The summed E-state index contributed by atoms with van der Waals surface area (Å²) >= 11 is 0. The molecule has 5 aromatic rings. The van der Waals surface area contributed by atoms with Gasteiger partial charge in [0.15, 0.2) is 0 Å². The van der Waals surface area contributed by atoms with Gasteiger partial charge in [-0.1, -0.05) is 110 Å². The average Bonchev–Trinajstić information content (AvgIpc) is 3.71. The number of hydrogen-bond acceptors (Lipinski definition) is 12. The highest BCUT2D eigenvalue weighted by atomic mass is 16.6. The number of aromatic nitrogens is 1. The van der Waals surface area contributed by atoms with E-state index in [1.54, 1.807) is 54.7 Å². The third kappa shape index (κ3) is 9.11. The van der Waals surface area contributed by atoms with Crippen molar-refractivity contribution in [2.24, 2.45) is 5.92 Å². The standard InChI is InChI=1S/C55H56N4O10/c1-66-34-35-68-53(64)58-43-24-23-37(25-29-54(65)27-13-2-3-14-28-54)36-42(43)55(52(58)63)45(50(61)57-31-26-40-20-12-15-30-56-40)47-51(62)69-48(39-18-8-5-9-19-39)46(38-16-6-4-7-17-38)59(47)49(55)41-21-10-11-22-44(41)67-33-32-60/h4-12,15-24,30,36,45-49,60,65H,2-3,13-14,26-28,31-35H2,1H3,(H,57,61)/t45-,46-,47-,48+,49+,55-/m1/s1. The third-order valence-electron chi connectivity index (χ3n) is 13.8. The van der Waals surface area contributed by atoms with Crippen LogP contribution in [-0.4, -0.2) is 95.7 Å². The maximum absolute atomic E-state index is 16.5. The first-order valence-electron chi connectivity index (χ1n) is 23.7. The largest absolute Gasteiger partial charge is 0.491 e. The number of methoxy groups -OCH3 is 1. The minimum Gasteiger partial charge on any atom is -0.491 e. The summed E-state index contributed by atoms with van der Waals surface area (Å²) in [5.41, 5.74) is -0.0199. The van der Waals surface area contributed by atoms with Crippen LogP contribution >= 0.6 is 0 Å². The molecule has 14 nitrogen and oxygen atoms in total. The first kappa shape index (κ1) is 47.2. The molecule has 1 aromatic heterocycles.